The lowest BCUT2D eigenvalue weighted by Gasteiger charge is -2.17. The molecule has 1 atom stereocenters. The molecule has 11 heteroatoms. The van der Waals surface area contributed by atoms with Crippen LogP contribution in [0.2, 0.25) is 10.0 Å². The second kappa shape index (κ2) is 12.3. The summed E-state index contributed by atoms with van der Waals surface area (Å²) in [6, 6.07) is 4.71. The number of halogens is 2. The molecule has 1 amide bonds. The van der Waals surface area contributed by atoms with Gasteiger partial charge in [-0.3, -0.25) is 9.59 Å². The van der Waals surface area contributed by atoms with E-state index in [-0.39, 0.29) is 27.2 Å². The summed E-state index contributed by atoms with van der Waals surface area (Å²) in [5.74, 6) is 0.0767. The molecule has 9 nitrogen and oxygen atoms in total. The Hall–Kier alpha value is -3.04. The first kappa shape index (κ1) is 26.2. The lowest BCUT2D eigenvalue weighted by atomic mass is 10.2. The van der Waals surface area contributed by atoms with Crippen LogP contribution in [0.4, 0.5) is 11.4 Å². The van der Waals surface area contributed by atoms with E-state index in [4.69, 9.17) is 42.1 Å². The van der Waals surface area contributed by atoms with Crippen LogP contribution in [0.15, 0.2) is 34.5 Å². The van der Waals surface area contributed by atoms with Crippen molar-refractivity contribution < 1.29 is 28.5 Å². The average Bonchev–Trinajstić information content (AvgIpc) is 2.78. The third-order valence-electron chi connectivity index (χ3n) is 4.28. The zero-order chi connectivity index (χ0) is 24.5. The maximum absolute atomic E-state index is 12.9. The van der Waals surface area contributed by atoms with Crippen LogP contribution in [0, 0.1) is 0 Å². The van der Waals surface area contributed by atoms with Crippen LogP contribution in [-0.2, 0) is 9.59 Å². The zero-order valence-corrected chi connectivity index (χ0v) is 20.4. The normalized spacial score (nSPS) is 11.7. The smallest absolute Gasteiger partial charge is 0.258 e. The molecule has 0 saturated carbocycles. The van der Waals surface area contributed by atoms with Gasteiger partial charge >= 0.3 is 0 Å². The molecular formula is C22H25Cl2N3O6. The van der Waals surface area contributed by atoms with Crippen molar-refractivity contribution in [2.45, 2.75) is 26.8 Å². The third kappa shape index (κ3) is 6.49. The highest BCUT2D eigenvalue weighted by atomic mass is 35.5. The summed E-state index contributed by atoms with van der Waals surface area (Å²) >= 11 is 12.5. The fourth-order valence-corrected chi connectivity index (χ4v) is 3.26. The van der Waals surface area contributed by atoms with E-state index in [1.807, 2.05) is 6.92 Å². The second-order valence-electron chi connectivity index (χ2n) is 6.50. The minimum atomic E-state index is -1.43. The van der Waals surface area contributed by atoms with Gasteiger partial charge in [0.05, 0.1) is 38.1 Å². The molecule has 1 N–H and O–H groups in total. The van der Waals surface area contributed by atoms with E-state index >= 15 is 0 Å². The number of nitrogens with zero attached hydrogens (tertiary/aromatic N) is 2. The number of amides is 1. The summed E-state index contributed by atoms with van der Waals surface area (Å²) in [5.41, 5.74) is 0.489. The Balaban J connectivity index is 2.35. The predicted molar refractivity (Wildman–Crippen MR) is 126 cm³/mol. The number of hydrogen-bond donors (Lipinski definition) is 1. The van der Waals surface area contributed by atoms with Gasteiger partial charge in [0.15, 0.2) is 11.5 Å². The number of azo groups is 1. The fraction of sp³-hybridized carbons (Fsp3) is 0.364. The van der Waals surface area contributed by atoms with Gasteiger partial charge in [0.25, 0.3) is 5.91 Å². The van der Waals surface area contributed by atoms with Gasteiger partial charge in [-0.15, -0.1) is 0 Å². The molecule has 2 aromatic carbocycles. The second-order valence-corrected chi connectivity index (χ2v) is 7.28. The molecule has 0 fully saturated rings. The summed E-state index contributed by atoms with van der Waals surface area (Å²) < 4.78 is 21.4. The zero-order valence-electron chi connectivity index (χ0n) is 18.9. The highest BCUT2D eigenvalue weighted by Crippen LogP contribution is 2.41. The van der Waals surface area contributed by atoms with Crippen molar-refractivity contribution in [3.63, 3.8) is 0 Å². The van der Waals surface area contributed by atoms with Gasteiger partial charge in [-0.25, -0.2) is 0 Å². The van der Waals surface area contributed by atoms with Crippen molar-refractivity contribution in [2.75, 3.05) is 32.8 Å². The van der Waals surface area contributed by atoms with Crippen LogP contribution in [-0.4, -0.2) is 45.2 Å². The van der Waals surface area contributed by atoms with E-state index < -0.39 is 17.7 Å². The van der Waals surface area contributed by atoms with E-state index in [0.717, 1.165) is 0 Å². The summed E-state index contributed by atoms with van der Waals surface area (Å²) in [5, 5.41) is 11.0. The number of Topliss-reactive ketones (excluding diaryl/α,β-unsaturated/α-hetero) is 1. The molecule has 0 aromatic heterocycles. The van der Waals surface area contributed by atoms with Gasteiger partial charge in [-0.1, -0.05) is 23.2 Å². The van der Waals surface area contributed by atoms with Gasteiger partial charge in [-0.05, 0) is 39.0 Å². The van der Waals surface area contributed by atoms with E-state index in [9.17, 15) is 9.59 Å². The SMILES string of the molecule is CCOc1ccc(NC(=O)C(N=Nc2cc(Cl)c(OC)cc2OC)C(C)=O)c(OCC)c1Cl. The number of benzene rings is 2. The Labute approximate surface area is 202 Å². The van der Waals surface area contributed by atoms with Crippen LogP contribution < -0.4 is 24.3 Å². The molecule has 0 spiro atoms. The first-order valence-electron chi connectivity index (χ1n) is 9.99. The Kier molecular flexibility index (Phi) is 9.74. The molecule has 2 rings (SSSR count). The van der Waals surface area contributed by atoms with Crippen molar-refractivity contribution in [2.24, 2.45) is 10.2 Å². The molecule has 0 saturated heterocycles. The number of carbonyl (C=O) groups is 2. The van der Waals surface area contributed by atoms with Gasteiger partial charge in [0.1, 0.15) is 28.0 Å². The van der Waals surface area contributed by atoms with Gasteiger partial charge in [0.2, 0.25) is 6.04 Å². The minimum Gasteiger partial charge on any atom is -0.495 e. The quantitative estimate of drug-likeness (QED) is 0.324. The number of nitrogens with one attached hydrogen (secondary N) is 1. The van der Waals surface area contributed by atoms with Crippen molar-refractivity contribution in [1.29, 1.82) is 0 Å². The molecule has 1 unspecified atom stereocenters. The maximum atomic E-state index is 12.9. The predicted octanol–water partition coefficient (Wildman–Crippen LogP) is 5.49. The van der Waals surface area contributed by atoms with Gasteiger partial charge < -0.3 is 24.3 Å². The largest absolute Gasteiger partial charge is 0.495 e. The molecule has 2 aromatic rings. The molecule has 0 bridgehead atoms. The van der Waals surface area contributed by atoms with E-state index in [2.05, 4.69) is 15.5 Å². The molecular weight excluding hydrogens is 473 g/mol. The molecule has 0 aliphatic carbocycles. The summed E-state index contributed by atoms with van der Waals surface area (Å²) in [4.78, 5) is 25.0. The maximum Gasteiger partial charge on any atom is 0.258 e. The number of anilines is 1. The molecule has 0 radical (unpaired) electrons. The number of hydrogen-bond acceptors (Lipinski definition) is 8. The van der Waals surface area contributed by atoms with Crippen molar-refractivity contribution in [3.05, 3.63) is 34.3 Å². The van der Waals surface area contributed by atoms with Crippen LogP contribution in [0.25, 0.3) is 0 Å². The third-order valence-corrected chi connectivity index (χ3v) is 4.93. The van der Waals surface area contributed by atoms with Crippen molar-refractivity contribution in [1.82, 2.24) is 0 Å². The average molecular weight is 498 g/mol. The lowest BCUT2D eigenvalue weighted by Crippen LogP contribution is -2.32. The number of methoxy groups -OCH3 is 2. The fourth-order valence-electron chi connectivity index (χ4n) is 2.75. The van der Waals surface area contributed by atoms with E-state index in [0.29, 0.717) is 30.5 Å². The summed E-state index contributed by atoms with van der Waals surface area (Å²) in [7, 11) is 2.89. The first-order valence-corrected chi connectivity index (χ1v) is 10.7. The van der Waals surface area contributed by atoms with Crippen LogP contribution in [0.5, 0.6) is 23.0 Å². The highest BCUT2D eigenvalue weighted by molar-refractivity contribution is 6.34. The number of ketones is 1. The number of carbonyl (C=O) groups excluding carboxylic acids is 2. The van der Waals surface area contributed by atoms with Crippen LogP contribution in [0.3, 0.4) is 0 Å². The van der Waals surface area contributed by atoms with E-state index in [1.54, 1.807) is 19.1 Å². The van der Waals surface area contributed by atoms with Gasteiger partial charge in [0, 0.05) is 6.07 Å². The standard InChI is InChI=1S/C22H25Cl2N3O6/c1-6-32-16-9-8-14(21(19(16)24)33-7-2)25-22(29)20(12(3)28)27-26-15-10-13(23)17(30-4)11-18(15)31-5/h8-11,20H,6-7H2,1-5H3,(H,25,29). The number of ether oxygens (including phenoxy) is 4. The highest BCUT2D eigenvalue weighted by Gasteiger charge is 2.26. The summed E-state index contributed by atoms with van der Waals surface area (Å²) in [6.45, 7) is 5.53. The van der Waals surface area contributed by atoms with Crippen molar-refractivity contribution >= 4 is 46.3 Å². The van der Waals surface area contributed by atoms with Crippen molar-refractivity contribution in [3.8, 4) is 23.0 Å². The minimum absolute atomic E-state index is 0.204. The summed E-state index contributed by atoms with van der Waals surface area (Å²) in [6.07, 6.45) is 0. The molecule has 0 aliphatic rings. The topological polar surface area (TPSA) is 108 Å². The molecule has 33 heavy (non-hydrogen) atoms. The Morgan fingerprint density at radius 3 is 2.24 bits per heavy atom. The van der Waals surface area contributed by atoms with Crippen LogP contribution >= 0.6 is 23.2 Å². The Morgan fingerprint density at radius 1 is 1.00 bits per heavy atom. The molecule has 0 aliphatic heterocycles. The molecule has 0 heterocycles. The molecule has 178 valence electrons. The Morgan fingerprint density at radius 2 is 1.67 bits per heavy atom. The Bertz CT molecular complexity index is 1050. The lowest BCUT2D eigenvalue weighted by molar-refractivity contribution is -0.126. The monoisotopic (exact) mass is 497 g/mol. The first-order chi connectivity index (χ1) is 15.8. The van der Waals surface area contributed by atoms with Crippen LogP contribution in [0.1, 0.15) is 20.8 Å². The van der Waals surface area contributed by atoms with E-state index in [1.165, 1.54) is 33.3 Å². The number of rotatable bonds is 11. The van der Waals surface area contributed by atoms with Gasteiger partial charge in [-0.2, -0.15) is 10.2 Å².